The van der Waals surface area contributed by atoms with Crippen molar-refractivity contribution < 1.29 is 14.1 Å². The maximum Gasteiger partial charge on any atom is 0.255 e. The molecule has 0 saturated heterocycles. The third kappa shape index (κ3) is 5.75. The van der Waals surface area contributed by atoms with Gasteiger partial charge in [0.25, 0.3) is 5.91 Å². The van der Waals surface area contributed by atoms with Crippen LogP contribution in [0.15, 0.2) is 28.8 Å². The quantitative estimate of drug-likeness (QED) is 0.693. The van der Waals surface area contributed by atoms with Gasteiger partial charge in [0.2, 0.25) is 0 Å². The van der Waals surface area contributed by atoms with Crippen LogP contribution < -0.4 is 15.8 Å². The van der Waals surface area contributed by atoms with Gasteiger partial charge in [-0.05, 0) is 32.4 Å². The number of carbonyl (C=O) groups excluding carboxylic acids is 1. The molecular weight excluding hydrogens is 354 g/mol. The molecule has 7 heteroatoms. The summed E-state index contributed by atoms with van der Waals surface area (Å²) in [6.45, 7) is 6.56. The number of ether oxygens (including phenoxy) is 1. The zero-order valence-electron chi connectivity index (χ0n) is 15.6. The van der Waals surface area contributed by atoms with E-state index in [1.807, 2.05) is 26.0 Å². The standard InChI is InChI=1S/C19H27N3O3.ClH/c1-4-5-8-15(11-20)21-19(23)16-9-6-7-10-18(16)24-12-17-13(2)22-25-14(17)3;/h6-7,9-10,15H,4-5,8,11-12,20H2,1-3H3,(H,21,23);1H. The summed E-state index contributed by atoms with van der Waals surface area (Å²) in [5, 5.41) is 6.92. The van der Waals surface area contributed by atoms with Crippen molar-refractivity contribution >= 4 is 18.3 Å². The molecular formula is C19H28ClN3O3. The monoisotopic (exact) mass is 381 g/mol. The van der Waals surface area contributed by atoms with Crippen LogP contribution in [0.25, 0.3) is 0 Å². The first-order chi connectivity index (χ1) is 12.1. The molecule has 1 amide bonds. The summed E-state index contributed by atoms with van der Waals surface area (Å²) in [6.07, 6.45) is 2.98. The second-order valence-corrected chi connectivity index (χ2v) is 6.14. The molecule has 1 aromatic carbocycles. The Kier molecular flexibility index (Phi) is 9.16. The number of aryl methyl sites for hydroxylation is 2. The van der Waals surface area contributed by atoms with Gasteiger partial charge in [0.1, 0.15) is 18.1 Å². The molecule has 1 atom stereocenters. The van der Waals surface area contributed by atoms with E-state index in [1.54, 1.807) is 12.1 Å². The number of carbonyl (C=O) groups is 1. The molecule has 1 aromatic heterocycles. The highest BCUT2D eigenvalue weighted by molar-refractivity contribution is 5.97. The summed E-state index contributed by atoms with van der Waals surface area (Å²) >= 11 is 0. The van der Waals surface area contributed by atoms with Crippen molar-refractivity contribution in [2.24, 2.45) is 5.73 Å². The van der Waals surface area contributed by atoms with Gasteiger partial charge < -0.3 is 20.3 Å². The fourth-order valence-electron chi connectivity index (χ4n) is 2.60. The van der Waals surface area contributed by atoms with Crippen molar-refractivity contribution in [1.29, 1.82) is 0 Å². The third-order valence-corrected chi connectivity index (χ3v) is 4.21. The van der Waals surface area contributed by atoms with Crippen LogP contribution >= 0.6 is 12.4 Å². The first-order valence-corrected chi connectivity index (χ1v) is 8.71. The highest BCUT2D eigenvalue weighted by Gasteiger charge is 2.17. The van der Waals surface area contributed by atoms with E-state index in [0.717, 1.165) is 36.3 Å². The minimum absolute atomic E-state index is 0. The molecule has 3 N–H and O–H groups in total. The SMILES string of the molecule is CCCCC(CN)NC(=O)c1ccccc1OCc1c(C)noc1C.Cl. The maximum absolute atomic E-state index is 12.6. The molecule has 0 aliphatic carbocycles. The van der Waals surface area contributed by atoms with Gasteiger partial charge in [-0.1, -0.05) is 37.1 Å². The van der Waals surface area contributed by atoms with Crippen molar-refractivity contribution in [2.75, 3.05) is 6.54 Å². The Morgan fingerprint density at radius 2 is 2.08 bits per heavy atom. The summed E-state index contributed by atoms with van der Waals surface area (Å²) in [5.41, 5.74) is 7.97. The average molecular weight is 382 g/mol. The van der Waals surface area contributed by atoms with E-state index >= 15 is 0 Å². The van der Waals surface area contributed by atoms with E-state index in [4.69, 9.17) is 15.0 Å². The van der Waals surface area contributed by atoms with Gasteiger partial charge in [-0.15, -0.1) is 12.4 Å². The van der Waals surface area contributed by atoms with Gasteiger partial charge in [0.05, 0.1) is 16.8 Å². The predicted octanol–water partition coefficient (Wildman–Crippen LogP) is 3.54. The van der Waals surface area contributed by atoms with E-state index in [9.17, 15) is 4.79 Å². The van der Waals surface area contributed by atoms with E-state index in [0.29, 0.717) is 24.5 Å². The molecule has 2 aromatic rings. The van der Waals surface area contributed by atoms with Gasteiger partial charge in [-0.2, -0.15) is 0 Å². The molecule has 1 heterocycles. The Balaban J connectivity index is 0.00000338. The Morgan fingerprint density at radius 3 is 2.69 bits per heavy atom. The number of benzene rings is 1. The fraction of sp³-hybridized carbons (Fsp3) is 0.474. The lowest BCUT2D eigenvalue weighted by molar-refractivity contribution is 0.0931. The molecule has 0 fully saturated rings. The van der Waals surface area contributed by atoms with Crippen molar-refractivity contribution in [1.82, 2.24) is 10.5 Å². The largest absolute Gasteiger partial charge is 0.488 e. The number of nitrogens with zero attached hydrogens (tertiary/aromatic N) is 1. The normalized spacial score (nSPS) is 11.5. The summed E-state index contributed by atoms with van der Waals surface area (Å²) in [7, 11) is 0. The minimum atomic E-state index is -0.166. The van der Waals surface area contributed by atoms with Crippen molar-refractivity contribution in [3.05, 3.63) is 46.8 Å². The molecule has 0 spiro atoms. The Labute approximate surface area is 160 Å². The van der Waals surface area contributed by atoms with Crippen LogP contribution in [0.1, 0.15) is 53.6 Å². The molecule has 0 aliphatic rings. The Bertz CT molecular complexity index is 684. The van der Waals surface area contributed by atoms with Gasteiger partial charge in [-0.3, -0.25) is 4.79 Å². The molecule has 26 heavy (non-hydrogen) atoms. The van der Waals surface area contributed by atoms with Crippen LogP contribution in [0.5, 0.6) is 5.75 Å². The number of halogens is 1. The second-order valence-electron chi connectivity index (χ2n) is 6.14. The lowest BCUT2D eigenvalue weighted by Crippen LogP contribution is -2.40. The van der Waals surface area contributed by atoms with Crippen LogP contribution in [-0.4, -0.2) is 23.7 Å². The first-order valence-electron chi connectivity index (χ1n) is 8.71. The van der Waals surface area contributed by atoms with Gasteiger partial charge in [0, 0.05) is 12.6 Å². The van der Waals surface area contributed by atoms with Crippen LogP contribution in [0.2, 0.25) is 0 Å². The van der Waals surface area contributed by atoms with Crippen LogP contribution in [-0.2, 0) is 6.61 Å². The van der Waals surface area contributed by atoms with Gasteiger partial charge in [-0.25, -0.2) is 0 Å². The number of rotatable bonds is 9. The third-order valence-electron chi connectivity index (χ3n) is 4.21. The average Bonchev–Trinajstić information content (AvgIpc) is 2.94. The van der Waals surface area contributed by atoms with E-state index in [2.05, 4.69) is 17.4 Å². The van der Waals surface area contributed by atoms with Gasteiger partial charge in [0.15, 0.2) is 0 Å². The Morgan fingerprint density at radius 1 is 1.35 bits per heavy atom. The molecule has 144 valence electrons. The number of para-hydroxylation sites is 1. The summed E-state index contributed by atoms with van der Waals surface area (Å²) < 4.78 is 11.0. The number of hydrogen-bond donors (Lipinski definition) is 2. The van der Waals surface area contributed by atoms with Crippen LogP contribution in [0.4, 0.5) is 0 Å². The second kappa shape index (κ2) is 10.8. The van der Waals surface area contributed by atoms with E-state index < -0.39 is 0 Å². The molecule has 6 nitrogen and oxygen atoms in total. The molecule has 2 rings (SSSR count). The molecule has 1 unspecified atom stereocenters. The topological polar surface area (TPSA) is 90.4 Å². The summed E-state index contributed by atoms with van der Waals surface area (Å²) in [6, 6.07) is 7.18. The van der Waals surface area contributed by atoms with E-state index in [-0.39, 0.29) is 24.4 Å². The minimum Gasteiger partial charge on any atom is -0.488 e. The fourth-order valence-corrected chi connectivity index (χ4v) is 2.60. The number of nitrogens with two attached hydrogens (primary N) is 1. The number of nitrogens with one attached hydrogen (secondary N) is 1. The molecule has 0 radical (unpaired) electrons. The zero-order valence-corrected chi connectivity index (χ0v) is 16.4. The number of aromatic nitrogens is 1. The van der Waals surface area contributed by atoms with Crippen LogP contribution in [0.3, 0.4) is 0 Å². The van der Waals surface area contributed by atoms with Crippen molar-refractivity contribution in [2.45, 2.75) is 52.7 Å². The highest BCUT2D eigenvalue weighted by atomic mass is 35.5. The van der Waals surface area contributed by atoms with Crippen LogP contribution in [0, 0.1) is 13.8 Å². The molecule has 0 bridgehead atoms. The maximum atomic E-state index is 12.6. The number of unbranched alkanes of at least 4 members (excludes halogenated alkanes) is 1. The summed E-state index contributed by atoms with van der Waals surface area (Å²) in [4.78, 5) is 12.6. The number of hydrogen-bond acceptors (Lipinski definition) is 5. The van der Waals surface area contributed by atoms with Crippen molar-refractivity contribution in [3.63, 3.8) is 0 Å². The van der Waals surface area contributed by atoms with Gasteiger partial charge >= 0.3 is 0 Å². The predicted molar refractivity (Wildman–Crippen MR) is 104 cm³/mol. The Hall–Kier alpha value is -2.05. The lowest BCUT2D eigenvalue weighted by atomic mass is 10.1. The first kappa shape index (κ1) is 22.0. The smallest absolute Gasteiger partial charge is 0.255 e. The molecule has 0 aliphatic heterocycles. The highest BCUT2D eigenvalue weighted by Crippen LogP contribution is 2.21. The lowest BCUT2D eigenvalue weighted by Gasteiger charge is -2.18. The summed E-state index contributed by atoms with van der Waals surface area (Å²) in [5.74, 6) is 1.09. The molecule has 0 saturated carbocycles. The zero-order chi connectivity index (χ0) is 18.2. The van der Waals surface area contributed by atoms with Crippen molar-refractivity contribution in [3.8, 4) is 5.75 Å². The number of amides is 1. The van der Waals surface area contributed by atoms with E-state index in [1.165, 1.54) is 0 Å².